The Bertz CT molecular complexity index is 724. The molecule has 0 spiro atoms. The van der Waals surface area contributed by atoms with Crippen LogP contribution in [0.5, 0.6) is 5.88 Å². The van der Waals surface area contributed by atoms with Crippen LogP contribution in [0.15, 0.2) is 12.1 Å². The first kappa shape index (κ1) is 15.4. The monoisotopic (exact) mass is 328 g/mol. The standard InChI is InChI=1S/C17H24N6O/c1-23-9-7-11(8-10-23)19-17-21-15(18)13-5-6-14(20-16(13)22-17)24-12-3-2-4-12/h5-6,11-12H,2-4,7-10H2,1H3,(H3,18,19,20,21,22). The number of nitrogens with one attached hydrogen (secondary N) is 1. The molecular formula is C17H24N6O. The van der Waals surface area contributed by atoms with Gasteiger partial charge < -0.3 is 20.7 Å². The van der Waals surface area contributed by atoms with Crippen LogP contribution in [0.2, 0.25) is 0 Å². The Balaban J connectivity index is 1.54. The number of hydrogen-bond donors (Lipinski definition) is 2. The summed E-state index contributed by atoms with van der Waals surface area (Å²) in [6.45, 7) is 2.16. The number of nitrogens with two attached hydrogens (primary N) is 1. The molecule has 128 valence electrons. The van der Waals surface area contributed by atoms with Crippen molar-refractivity contribution in [2.45, 2.75) is 44.2 Å². The van der Waals surface area contributed by atoms with Crippen molar-refractivity contribution in [3.8, 4) is 5.88 Å². The first-order valence-electron chi connectivity index (χ1n) is 8.73. The molecule has 1 aliphatic carbocycles. The number of fused-ring (bicyclic) bond motifs is 1. The quantitative estimate of drug-likeness (QED) is 0.887. The lowest BCUT2D eigenvalue weighted by molar-refractivity contribution is 0.115. The molecule has 2 aromatic rings. The summed E-state index contributed by atoms with van der Waals surface area (Å²) in [5.41, 5.74) is 6.69. The Labute approximate surface area is 141 Å². The molecule has 0 radical (unpaired) electrons. The topological polar surface area (TPSA) is 89.2 Å². The van der Waals surface area contributed by atoms with E-state index in [1.165, 1.54) is 6.42 Å². The highest BCUT2D eigenvalue weighted by Crippen LogP contribution is 2.26. The first-order valence-corrected chi connectivity index (χ1v) is 8.73. The second-order valence-electron chi connectivity index (χ2n) is 6.85. The van der Waals surface area contributed by atoms with E-state index in [4.69, 9.17) is 10.5 Å². The highest BCUT2D eigenvalue weighted by atomic mass is 16.5. The molecule has 1 aliphatic heterocycles. The SMILES string of the molecule is CN1CCC(Nc2nc(N)c3ccc(OC4CCC4)nc3n2)CC1. The lowest BCUT2D eigenvalue weighted by atomic mass is 9.96. The molecule has 2 aliphatic rings. The van der Waals surface area contributed by atoms with E-state index >= 15 is 0 Å². The van der Waals surface area contributed by atoms with Gasteiger partial charge in [0.25, 0.3) is 0 Å². The van der Waals surface area contributed by atoms with Gasteiger partial charge in [0.05, 0.1) is 5.39 Å². The molecule has 0 amide bonds. The Hall–Kier alpha value is -2.15. The van der Waals surface area contributed by atoms with E-state index in [2.05, 4.69) is 32.2 Å². The Morgan fingerprint density at radius 3 is 2.62 bits per heavy atom. The molecule has 4 rings (SSSR count). The summed E-state index contributed by atoms with van der Waals surface area (Å²) >= 11 is 0. The molecule has 0 unspecified atom stereocenters. The van der Waals surface area contributed by atoms with Crippen LogP contribution < -0.4 is 15.8 Å². The number of aromatic nitrogens is 3. The number of nitrogens with zero attached hydrogens (tertiary/aromatic N) is 4. The highest BCUT2D eigenvalue weighted by molar-refractivity contribution is 5.86. The second kappa shape index (κ2) is 6.39. The van der Waals surface area contributed by atoms with Gasteiger partial charge in [0.15, 0.2) is 5.65 Å². The number of ether oxygens (including phenoxy) is 1. The predicted molar refractivity (Wildman–Crippen MR) is 94.2 cm³/mol. The van der Waals surface area contributed by atoms with Crippen LogP contribution in [0, 0.1) is 0 Å². The predicted octanol–water partition coefficient (Wildman–Crippen LogP) is 2.04. The zero-order valence-corrected chi connectivity index (χ0v) is 14.0. The molecule has 2 aromatic heterocycles. The zero-order valence-electron chi connectivity index (χ0n) is 14.0. The zero-order chi connectivity index (χ0) is 16.5. The first-order chi connectivity index (χ1) is 11.7. The van der Waals surface area contributed by atoms with Crippen molar-refractivity contribution in [2.24, 2.45) is 0 Å². The smallest absolute Gasteiger partial charge is 0.226 e. The lowest BCUT2D eigenvalue weighted by Gasteiger charge is -2.29. The number of hydrogen-bond acceptors (Lipinski definition) is 7. The van der Waals surface area contributed by atoms with E-state index < -0.39 is 0 Å². The van der Waals surface area contributed by atoms with Gasteiger partial charge >= 0.3 is 0 Å². The van der Waals surface area contributed by atoms with E-state index in [0.717, 1.165) is 44.2 Å². The number of piperidine rings is 1. The van der Waals surface area contributed by atoms with Gasteiger partial charge in [0, 0.05) is 12.1 Å². The Morgan fingerprint density at radius 1 is 1.12 bits per heavy atom. The van der Waals surface area contributed by atoms with Gasteiger partial charge in [0.2, 0.25) is 11.8 Å². The minimum absolute atomic E-state index is 0.297. The van der Waals surface area contributed by atoms with E-state index in [1.54, 1.807) is 0 Å². The number of rotatable bonds is 4. The van der Waals surface area contributed by atoms with Gasteiger partial charge in [-0.3, -0.25) is 0 Å². The fourth-order valence-corrected chi connectivity index (χ4v) is 3.14. The van der Waals surface area contributed by atoms with E-state index in [9.17, 15) is 0 Å². The normalized spacial score (nSPS) is 20.0. The van der Waals surface area contributed by atoms with Gasteiger partial charge in [-0.1, -0.05) is 0 Å². The third kappa shape index (κ3) is 3.21. The summed E-state index contributed by atoms with van der Waals surface area (Å²) in [4.78, 5) is 15.8. The van der Waals surface area contributed by atoms with Crippen LogP contribution in [0.1, 0.15) is 32.1 Å². The molecule has 0 aromatic carbocycles. The van der Waals surface area contributed by atoms with Gasteiger partial charge in [-0.25, -0.2) is 0 Å². The molecule has 7 heteroatoms. The van der Waals surface area contributed by atoms with Crippen molar-refractivity contribution in [1.82, 2.24) is 19.9 Å². The molecule has 7 nitrogen and oxygen atoms in total. The fraction of sp³-hybridized carbons (Fsp3) is 0.588. The number of likely N-dealkylation sites (tertiary alicyclic amines) is 1. The Morgan fingerprint density at radius 2 is 1.92 bits per heavy atom. The van der Waals surface area contributed by atoms with Crippen LogP contribution in [-0.4, -0.2) is 52.1 Å². The van der Waals surface area contributed by atoms with Gasteiger partial charge in [-0.05, 0) is 58.3 Å². The summed E-state index contributed by atoms with van der Waals surface area (Å²) in [7, 11) is 2.15. The summed E-state index contributed by atoms with van der Waals surface area (Å²) in [6, 6.07) is 4.13. The molecule has 3 N–H and O–H groups in total. The average molecular weight is 328 g/mol. The van der Waals surface area contributed by atoms with E-state index in [0.29, 0.717) is 35.4 Å². The molecule has 2 fully saturated rings. The highest BCUT2D eigenvalue weighted by Gasteiger charge is 2.21. The maximum Gasteiger partial charge on any atom is 0.226 e. The van der Waals surface area contributed by atoms with Crippen molar-refractivity contribution in [1.29, 1.82) is 0 Å². The summed E-state index contributed by atoms with van der Waals surface area (Å²) in [5, 5.41) is 4.18. The minimum atomic E-state index is 0.297. The van der Waals surface area contributed by atoms with Crippen molar-refractivity contribution in [3.63, 3.8) is 0 Å². The summed E-state index contributed by atoms with van der Waals surface area (Å²) < 4.78 is 5.86. The van der Waals surface area contributed by atoms with Gasteiger partial charge in [-0.2, -0.15) is 15.0 Å². The van der Waals surface area contributed by atoms with Crippen LogP contribution in [0.25, 0.3) is 11.0 Å². The van der Waals surface area contributed by atoms with E-state index in [1.807, 2.05) is 12.1 Å². The molecule has 1 saturated heterocycles. The maximum absolute atomic E-state index is 6.09. The van der Waals surface area contributed by atoms with Crippen molar-refractivity contribution in [3.05, 3.63) is 12.1 Å². The number of anilines is 2. The van der Waals surface area contributed by atoms with Crippen LogP contribution in [-0.2, 0) is 0 Å². The van der Waals surface area contributed by atoms with Crippen molar-refractivity contribution >= 4 is 22.8 Å². The largest absolute Gasteiger partial charge is 0.474 e. The average Bonchev–Trinajstić information content (AvgIpc) is 2.53. The molecule has 3 heterocycles. The summed E-state index contributed by atoms with van der Waals surface area (Å²) in [6.07, 6.45) is 5.90. The van der Waals surface area contributed by atoms with Crippen LogP contribution in [0.3, 0.4) is 0 Å². The van der Waals surface area contributed by atoms with Crippen molar-refractivity contribution in [2.75, 3.05) is 31.2 Å². The lowest BCUT2D eigenvalue weighted by Crippen LogP contribution is -2.37. The van der Waals surface area contributed by atoms with Crippen molar-refractivity contribution < 1.29 is 4.74 Å². The van der Waals surface area contributed by atoms with Crippen LogP contribution >= 0.6 is 0 Å². The molecule has 0 atom stereocenters. The number of nitrogen functional groups attached to an aromatic ring is 1. The Kier molecular flexibility index (Phi) is 4.10. The molecule has 0 bridgehead atoms. The van der Waals surface area contributed by atoms with Gasteiger partial charge in [-0.15, -0.1) is 0 Å². The number of pyridine rings is 1. The third-order valence-corrected chi connectivity index (χ3v) is 4.96. The fourth-order valence-electron chi connectivity index (χ4n) is 3.14. The van der Waals surface area contributed by atoms with E-state index in [-0.39, 0.29) is 0 Å². The molecule has 24 heavy (non-hydrogen) atoms. The van der Waals surface area contributed by atoms with Gasteiger partial charge in [0.1, 0.15) is 11.9 Å². The molecule has 1 saturated carbocycles. The van der Waals surface area contributed by atoms with Crippen LogP contribution in [0.4, 0.5) is 11.8 Å². The third-order valence-electron chi connectivity index (χ3n) is 4.96. The summed E-state index contributed by atoms with van der Waals surface area (Å²) in [5.74, 6) is 1.64. The second-order valence-corrected chi connectivity index (χ2v) is 6.85. The molecular weight excluding hydrogens is 304 g/mol. The maximum atomic E-state index is 6.09. The minimum Gasteiger partial charge on any atom is -0.474 e.